The first kappa shape index (κ1) is 17.1. The molecular formula is C17H18BrNO4. The lowest BCUT2D eigenvalue weighted by molar-refractivity contribution is 0.0947. The van der Waals surface area contributed by atoms with Crippen molar-refractivity contribution in [3.05, 3.63) is 52.0 Å². The number of ether oxygens (including phenoxy) is 3. The predicted octanol–water partition coefficient (Wildman–Crippen LogP) is 3.40. The van der Waals surface area contributed by atoms with Crippen molar-refractivity contribution in [1.29, 1.82) is 0 Å². The van der Waals surface area contributed by atoms with E-state index >= 15 is 0 Å². The summed E-state index contributed by atoms with van der Waals surface area (Å²) in [5.41, 5.74) is 1.39. The van der Waals surface area contributed by atoms with Crippen LogP contribution in [0.5, 0.6) is 17.2 Å². The van der Waals surface area contributed by atoms with Gasteiger partial charge in [-0.15, -0.1) is 0 Å². The van der Waals surface area contributed by atoms with Crippen LogP contribution in [-0.2, 0) is 6.54 Å². The van der Waals surface area contributed by atoms with E-state index in [4.69, 9.17) is 14.2 Å². The molecule has 0 saturated heterocycles. The van der Waals surface area contributed by atoms with Crippen molar-refractivity contribution in [3.8, 4) is 17.2 Å². The molecule has 0 aliphatic rings. The Morgan fingerprint density at radius 1 is 0.957 bits per heavy atom. The molecule has 0 fully saturated rings. The highest BCUT2D eigenvalue weighted by atomic mass is 79.9. The van der Waals surface area contributed by atoms with Crippen molar-refractivity contribution in [2.75, 3.05) is 21.3 Å². The lowest BCUT2D eigenvalue weighted by Crippen LogP contribution is -2.23. The molecule has 0 aliphatic heterocycles. The van der Waals surface area contributed by atoms with E-state index in [9.17, 15) is 4.79 Å². The van der Waals surface area contributed by atoms with Gasteiger partial charge in [-0.25, -0.2) is 0 Å². The van der Waals surface area contributed by atoms with E-state index in [1.54, 1.807) is 12.1 Å². The molecule has 2 aromatic carbocycles. The van der Waals surface area contributed by atoms with Crippen LogP contribution in [0.3, 0.4) is 0 Å². The maximum Gasteiger partial charge on any atom is 0.255 e. The molecule has 1 N–H and O–H groups in total. The van der Waals surface area contributed by atoms with Crippen LogP contribution in [0.2, 0.25) is 0 Å². The monoisotopic (exact) mass is 379 g/mol. The van der Waals surface area contributed by atoms with Gasteiger partial charge in [0.05, 0.1) is 26.9 Å². The molecule has 0 bridgehead atoms. The molecule has 0 radical (unpaired) electrons. The summed E-state index contributed by atoms with van der Waals surface area (Å²) >= 11 is 3.38. The van der Waals surface area contributed by atoms with Crippen LogP contribution in [0.1, 0.15) is 15.9 Å². The highest BCUT2D eigenvalue weighted by Gasteiger charge is 2.20. The molecule has 1 amide bonds. The van der Waals surface area contributed by atoms with E-state index in [-0.39, 0.29) is 5.91 Å². The summed E-state index contributed by atoms with van der Waals surface area (Å²) in [4.78, 5) is 12.4. The summed E-state index contributed by atoms with van der Waals surface area (Å²) in [5, 5.41) is 2.87. The molecule has 5 nitrogen and oxygen atoms in total. The van der Waals surface area contributed by atoms with Crippen LogP contribution < -0.4 is 19.5 Å². The fourth-order valence-electron chi connectivity index (χ4n) is 2.16. The van der Waals surface area contributed by atoms with Gasteiger partial charge in [-0.2, -0.15) is 0 Å². The molecule has 2 rings (SSSR count). The first-order chi connectivity index (χ1) is 11.1. The number of carbonyl (C=O) groups excluding carboxylic acids is 1. The zero-order valence-corrected chi connectivity index (χ0v) is 14.8. The molecule has 122 valence electrons. The third kappa shape index (κ3) is 3.96. The zero-order valence-electron chi connectivity index (χ0n) is 13.2. The average Bonchev–Trinajstić information content (AvgIpc) is 2.59. The van der Waals surface area contributed by atoms with Crippen LogP contribution in [0, 0.1) is 0 Å². The smallest absolute Gasteiger partial charge is 0.255 e. The third-order valence-corrected chi connectivity index (χ3v) is 3.84. The Hall–Kier alpha value is -2.21. The first-order valence-electron chi connectivity index (χ1n) is 6.92. The van der Waals surface area contributed by atoms with Crippen molar-refractivity contribution in [1.82, 2.24) is 5.32 Å². The van der Waals surface area contributed by atoms with Gasteiger partial charge in [0.2, 0.25) is 5.75 Å². The lowest BCUT2D eigenvalue weighted by atomic mass is 10.1. The quantitative estimate of drug-likeness (QED) is 0.835. The van der Waals surface area contributed by atoms with Crippen LogP contribution in [-0.4, -0.2) is 27.2 Å². The molecule has 0 heterocycles. The summed E-state index contributed by atoms with van der Waals surface area (Å²) in [7, 11) is 4.53. The number of halogens is 1. The minimum absolute atomic E-state index is 0.245. The molecule has 23 heavy (non-hydrogen) atoms. The van der Waals surface area contributed by atoms with Crippen molar-refractivity contribution in [2.45, 2.75) is 6.54 Å². The summed E-state index contributed by atoms with van der Waals surface area (Å²) in [6.45, 7) is 0.420. The number of methoxy groups -OCH3 is 3. The second kappa shape index (κ2) is 7.87. The molecule has 0 atom stereocenters. The van der Waals surface area contributed by atoms with E-state index in [0.717, 1.165) is 10.0 Å². The zero-order chi connectivity index (χ0) is 16.8. The third-order valence-electron chi connectivity index (χ3n) is 3.32. The molecule has 0 unspecified atom stereocenters. The fraction of sp³-hybridized carbons (Fsp3) is 0.235. The minimum atomic E-state index is -0.245. The Kier molecular flexibility index (Phi) is 5.87. The topological polar surface area (TPSA) is 56.8 Å². The number of rotatable bonds is 6. The Morgan fingerprint density at radius 3 is 2.17 bits per heavy atom. The summed E-state index contributed by atoms with van der Waals surface area (Å²) in [6, 6.07) is 11.1. The normalized spacial score (nSPS) is 10.1. The highest BCUT2D eigenvalue weighted by molar-refractivity contribution is 9.10. The summed E-state index contributed by atoms with van der Waals surface area (Å²) < 4.78 is 16.8. The summed E-state index contributed by atoms with van der Waals surface area (Å²) in [6.07, 6.45) is 0. The number of carbonyl (C=O) groups is 1. The molecule has 0 spiro atoms. The van der Waals surface area contributed by atoms with E-state index in [1.165, 1.54) is 21.3 Å². The standard InChI is InChI=1S/C17H18BrNO4/c1-21-14-9-8-13(15(22-2)16(14)23-3)17(20)19-10-11-4-6-12(18)7-5-11/h4-9H,10H2,1-3H3,(H,19,20). The van der Waals surface area contributed by atoms with Crippen molar-refractivity contribution in [2.24, 2.45) is 0 Å². The largest absolute Gasteiger partial charge is 0.493 e. The fourth-order valence-corrected chi connectivity index (χ4v) is 2.42. The maximum atomic E-state index is 12.4. The number of benzene rings is 2. The highest BCUT2D eigenvalue weighted by Crippen LogP contribution is 2.39. The number of nitrogens with one attached hydrogen (secondary N) is 1. The van der Waals surface area contributed by atoms with Gasteiger partial charge in [0.25, 0.3) is 5.91 Å². The van der Waals surface area contributed by atoms with Crippen LogP contribution in [0.25, 0.3) is 0 Å². The molecule has 6 heteroatoms. The molecule has 0 saturated carbocycles. The van der Waals surface area contributed by atoms with Crippen molar-refractivity contribution >= 4 is 21.8 Å². The van der Waals surface area contributed by atoms with Crippen LogP contribution in [0.15, 0.2) is 40.9 Å². The second-order valence-corrected chi connectivity index (χ2v) is 5.61. The maximum absolute atomic E-state index is 12.4. The molecular weight excluding hydrogens is 362 g/mol. The molecule has 2 aromatic rings. The van der Waals surface area contributed by atoms with Gasteiger partial charge >= 0.3 is 0 Å². The van der Waals surface area contributed by atoms with Crippen LogP contribution >= 0.6 is 15.9 Å². The van der Waals surface area contributed by atoms with Gasteiger partial charge in [-0.05, 0) is 29.8 Å². The van der Waals surface area contributed by atoms with Gasteiger partial charge in [0, 0.05) is 11.0 Å². The van der Waals surface area contributed by atoms with Gasteiger partial charge in [0.15, 0.2) is 11.5 Å². The van der Waals surface area contributed by atoms with Gasteiger partial charge in [-0.1, -0.05) is 28.1 Å². The Labute approximate surface area is 143 Å². The van der Waals surface area contributed by atoms with E-state index < -0.39 is 0 Å². The summed E-state index contributed by atoms with van der Waals surface area (Å²) in [5.74, 6) is 1.01. The lowest BCUT2D eigenvalue weighted by Gasteiger charge is -2.15. The van der Waals surface area contributed by atoms with Gasteiger partial charge in [0.1, 0.15) is 0 Å². The Balaban J connectivity index is 2.20. The van der Waals surface area contributed by atoms with Gasteiger partial charge in [-0.3, -0.25) is 4.79 Å². The van der Waals surface area contributed by atoms with E-state index in [0.29, 0.717) is 29.4 Å². The minimum Gasteiger partial charge on any atom is -0.493 e. The van der Waals surface area contributed by atoms with Crippen LogP contribution in [0.4, 0.5) is 0 Å². The average molecular weight is 380 g/mol. The van der Waals surface area contributed by atoms with Gasteiger partial charge < -0.3 is 19.5 Å². The first-order valence-corrected chi connectivity index (χ1v) is 7.71. The van der Waals surface area contributed by atoms with E-state index in [2.05, 4.69) is 21.2 Å². The molecule has 0 aromatic heterocycles. The van der Waals surface area contributed by atoms with Crippen molar-refractivity contribution < 1.29 is 19.0 Å². The SMILES string of the molecule is COc1ccc(C(=O)NCc2ccc(Br)cc2)c(OC)c1OC. The van der Waals surface area contributed by atoms with Crippen molar-refractivity contribution in [3.63, 3.8) is 0 Å². The number of hydrogen-bond acceptors (Lipinski definition) is 4. The molecule has 0 aliphatic carbocycles. The number of hydrogen-bond donors (Lipinski definition) is 1. The number of amides is 1. The Bertz CT molecular complexity index is 686. The second-order valence-electron chi connectivity index (χ2n) is 4.69. The Morgan fingerprint density at radius 2 is 1.61 bits per heavy atom. The van der Waals surface area contributed by atoms with E-state index in [1.807, 2.05) is 24.3 Å². The predicted molar refractivity (Wildman–Crippen MR) is 91.4 cm³/mol.